The molecule has 1 aromatic rings. The summed E-state index contributed by atoms with van der Waals surface area (Å²) in [6.07, 6.45) is 6.45. The monoisotopic (exact) mass is 265 g/mol. The Kier molecular flexibility index (Phi) is 5.07. The van der Waals surface area contributed by atoms with Crippen LogP contribution in [0.25, 0.3) is 0 Å². The molecule has 1 aliphatic rings. The lowest BCUT2D eigenvalue weighted by Crippen LogP contribution is -2.15. The molecule has 1 unspecified atom stereocenters. The minimum atomic E-state index is 0.504. The zero-order chi connectivity index (χ0) is 13.0. The van der Waals surface area contributed by atoms with Crippen molar-refractivity contribution in [1.29, 1.82) is 0 Å². The Morgan fingerprint density at radius 2 is 2.06 bits per heavy atom. The minimum Gasteiger partial charge on any atom is -0.381 e. The van der Waals surface area contributed by atoms with Crippen molar-refractivity contribution in [1.82, 2.24) is 4.98 Å². The number of pyridine rings is 1. The first-order valence-corrected chi connectivity index (χ1v) is 8.07. The van der Waals surface area contributed by atoms with E-state index in [2.05, 4.69) is 37.2 Å². The molecule has 3 heteroatoms. The molecule has 2 rings (SSSR count). The van der Waals surface area contributed by atoms with Gasteiger partial charge in [-0.05, 0) is 48.6 Å². The fourth-order valence-electron chi connectivity index (χ4n) is 2.64. The summed E-state index contributed by atoms with van der Waals surface area (Å²) in [5.74, 6) is 1.28. The Morgan fingerprint density at radius 3 is 2.67 bits per heavy atom. The number of aromatic nitrogens is 1. The van der Waals surface area contributed by atoms with Gasteiger partial charge in [0.25, 0.3) is 0 Å². The number of thioether (sulfide) groups is 1. The van der Waals surface area contributed by atoms with Crippen molar-refractivity contribution in [2.75, 3.05) is 19.5 Å². The topological polar surface area (TPSA) is 22.1 Å². The molecule has 0 radical (unpaired) electrons. The van der Waals surface area contributed by atoms with E-state index in [1.54, 1.807) is 0 Å². The molecule has 0 aromatic carbocycles. The van der Waals surface area contributed by atoms with Gasteiger partial charge in [0.15, 0.2) is 0 Å². The van der Waals surface area contributed by atoms with Gasteiger partial charge in [-0.3, -0.25) is 4.98 Å². The molecule has 1 aliphatic heterocycles. The van der Waals surface area contributed by atoms with Gasteiger partial charge in [-0.1, -0.05) is 13.8 Å². The quantitative estimate of drug-likeness (QED) is 0.820. The molecule has 0 saturated carbocycles. The molecular weight excluding hydrogens is 242 g/mol. The van der Waals surface area contributed by atoms with E-state index < -0.39 is 0 Å². The van der Waals surface area contributed by atoms with Crippen LogP contribution in [0.1, 0.15) is 49.1 Å². The highest BCUT2D eigenvalue weighted by Crippen LogP contribution is 2.35. The number of rotatable bonds is 4. The number of nitrogens with zero attached hydrogens (tertiary/aromatic N) is 1. The van der Waals surface area contributed by atoms with Crippen LogP contribution < -0.4 is 0 Å². The molecule has 0 N–H and O–H groups in total. The van der Waals surface area contributed by atoms with E-state index in [9.17, 15) is 0 Å². The maximum Gasteiger partial charge on any atom is 0.0538 e. The Morgan fingerprint density at radius 1 is 1.33 bits per heavy atom. The summed E-state index contributed by atoms with van der Waals surface area (Å²) in [6.45, 7) is 6.34. The van der Waals surface area contributed by atoms with Gasteiger partial charge in [-0.25, -0.2) is 0 Å². The van der Waals surface area contributed by atoms with Gasteiger partial charge in [-0.2, -0.15) is 11.8 Å². The van der Waals surface area contributed by atoms with Crippen molar-refractivity contribution in [2.24, 2.45) is 5.92 Å². The van der Waals surface area contributed by atoms with Crippen LogP contribution in [0.4, 0.5) is 0 Å². The van der Waals surface area contributed by atoms with Crippen molar-refractivity contribution < 1.29 is 4.74 Å². The van der Waals surface area contributed by atoms with Crippen LogP contribution in [0.5, 0.6) is 0 Å². The third-order valence-electron chi connectivity index (χ3n) is 3.65. The molecule has 1 aromatic heterocycles. The smallest absolute Gasteiger partial charge is 0.0538 e. The first kappa shape index (κ1) is 13.9. The van der Waals surface area contributed by atoms with Gasteiger partial charge in [0.1, 0.15) is 0 Å². The maximum absolute atomic E-state index is 5.44. The second-order valence-electron chi connectivity index (χ2n) is 5.30. The Labute approximate surface area is 115 Å². The van der Waals surface area contributed by atoms with E-state index in [0.29, 0.717) is 17.1 Å². The van der Waals surface area contributed by atoms with Gasteiger partial charge in [0.05, 0.1) is 5.69 Å². The van der Waals surface area contributed by atoms with E-state index in [4.69, 9.17) is 4.74 Å². The van der Waals surface area contributed by atoms with Crippen LogP contribution in [0, 0.1) is 5.92 Å². The average molecular weight is 265 g/mol. The Hall–Kier alpha value is -0.540. The summed E-state index contributed by atoms with van der Waals surface area (Å²) < 4.78 is 5.44. The van der Waals surface area contributed by atoms with E-state index in [1.165, 1.54) is 11.3 Å². The lowest BCUT2D eigenvalue weighted by Gasteiger charge is -2.24. The highest BCUT2D eigenvalue weighted by atomic mass is 32.2. The van der Waals surface area contributed by atoms with Crippen molar-refractivity contribution in [3.8, 4) is 0 Å². The van der Waals surface area contributed by atoms with Crippen molar-refractivity contribution in [2.45, 2.75) is 37.9 Å². The second-order valence-corrected chi connectivity index (χ2v) is 6.28. The standard InChI is InChI=1S/C15H23NOS/c1-11(2)15(18-3)14-10-13(4-7-16-14)12-5-8-17-9-6-12/h4,7,10-12,15H,5-6,8-9H2,1-3H3. The molecule has 0 bridgehead atoms. The zero-order valence-corrected chi connectivity index (χ0v) is 12.4. The van der Waals surface area contributed by atoms with Gasteiger partial charge in [-0.15, -0.1) is 0 Å². The van der Waals surface area contributed by atoms with Crippen LogP contribution in [0.3, 0.4) is 0 Å². The van der Waals surface area contributed by atoms with Crippen molar-refractivity contribution >= 4 is 11.8 Å². The largest absolute Gasteiger partial charge is 0.381 e. The van der Waals surface area contributed by atoms with Crippen LogP contribution in [0.2, 0.25) is 0 Å². The predicted octanol–water partition coefficient (Wildman–Crippen LogP) is 4.04. The predicted molar refractivity (Wildman–Crippen MR) is 78.1 cm³/mol. The third kappa shape index (κ3) is 3.27. The highest BCUT2D eigenvalue weighted by molar-refractivity contribution is 7.98. The number of ether oxygens (including phenoxy) is 1. The molecule has 2 heterocycles. The maximum atomic E-state index is 5.44. The van der Waals surface area contributed by atoms with Crippen molar-refractivity contribution in [3.63, 3.8) is 0 Å². The molecule has 2 nitrogen and oxygen atoms in total. The molecule has 100 valence electrons. The average Bonchev–Trinajstić information content (AvgIpc) is 2.40. The molecule has 18 heavy (non-hydrogen) atoms. The number of hydrogen-bond donors (Lipinski definition) is 0. The van der Waals surface area contributed by atoms with E-state index in [-0.39, 0.29) is 0 Å². The van der Waals surface area contributed by atoms with Crippen LogP contribution >= 0.6 is 11.8 Å². The lowest BCUT2D eigenvalue weighted by atomic mass is 9.91. The SMILES string of the molecule is CSC(c1cc(C2CCOCC2)ccn1)C(C)C. The fourth-order valence-corrected chi connectivity index (χ4v) is 3.56. The molecule has 1 saturated heterocycles. The minimum absolute atomic E-state index is 0.504. The molecule has 1 fully saturated rings. The lowest BCUT2D eigenvalue weighted by molar-refractivity contribution is 0.0853. The zero-order valence-electron chi connectivity index (χ0n) is 11.6. The molecule has 0 spiro atoms. The van der Waals surface area contributed by atoms with Crippen LogP contribution in [-0.2, 0) is 4.74 Å². The van der Waals surface area contributed by atoms with Crippen LogP contribution in [0.15, 0.2) is 18.3 Å². The first-order valence-electron chi connectivity index (χ1n) is 6.78. The first-order chi connectivity index (χ1) is 8.72. The summed E-state index contributed by atoms with van der Waals surface area (Å²) in [4.78, 5) is 4.57. The summed E-state index contributed by atoms with van der Waals surface area (Å²) >= 11 is 1.90. The van der Waals surface area contributed by atoms with Gasteiger partial charge in [0.2, 0.25) is 0 Å². The highest BCUT2D eigenvalue weighted by Gasteiger charge is 2.20. The molecular formula is C15H23NOS. The van der Waals surface area contributed by atoms with Crippen molar-refractivity contribution in [3.05, 3.63) is 29.6 Å². The third-order valence-corrected chi connectivity index (χ3v) is 4.94. The summed E-state index contributed by atoms with van der Waals surface area (Å²) in [5, 5.41) is 0.504. The molecule has 0 amide bonds. The molecule has 1 atom stereocenters. The van der Waals surface area contributed by atoms with Gasteiger partial charge in [0, 0.05) is 24.7 Å². The Bertz CT molecular complexity index is 375. The van der Waals surface area contributed by atoms with E-state index >= 15 is 0 Å². The van der Waals surface area contributed by atoms with Gasteiger partial charge < -0.3 is 4.74 Å². The van der Waals surface area contributed by atoms with E-state index in [0.717, 1.165) is 26.1 Å². The number of hydrogen-bond acceptors (Lipinski definition) is 3. The van der Waals surface area contributed by atoms with Crippen LogP contribution in [-0.4, -0.2) is 24.5 Å². The summed E-state index contributed by atoms with van der Waals surface area (Å²) in [5.41, 5.74) is 2.68. The summed E-state index contributed by atoms with van der Waals surface area (Å²) in [7, 11) is 0. The Balaban J connectivity index is 2.18. The second kappa shape index (κ2) is 6.58. The van der Waals surface area contributed by atoms with Gasteiger partial charge >= 0.3 is 0 Å². The molecule has 0 aliphatic carbocycles. The normalized spacial score (nSPS) is 19.1. The van der Waals surface area contributed by atoms with E-state index in [1.807, 2.05) is 18.0 Å². The fraction of sp³-hybridized carbons (Fsp3) is 0.667. The summed E-state index contributed by atoms with van der Waals surface area (Å²) in [6, 6.07) is 4.49.